The highest BCUT2D eigenvalue weighted by atomic mass is 35.5. The molecule has 0 radical (unpaired) electrons. The summed E-state index contributed by atoms with van der Waals surface area (Å²) in [4.78, 5) is 12.9. The van der Waals surface area contributed by atoms with E-state index in [-0.39, 0.29) is 38.8 Å². The van der Waals surface area contributed by atoms with Crippen molar-refractivity contribution >= 4 is 54.8 Å². The van der Waals surface area contributed by atoms with Gasteiger partial charge in [0.05, 0.1) is 9.92 Å². The third kappa shape index (κ3) is 5.52. The molecule has 1 aliphatic heterocycles. The fraction of sp³-hybridized carbons (Fsp3) is 0.381. The Balaban J connectivity index is 1.71. The molecule has 3 rings (SSSR count). The predicted molar refractivity (Wildman–Crippen MR) is 129 cm³/mol. The molecule has 180 valence electrons. The summed E-state index contributed by atoms with van der Waals surface area (Å²) in [7, 11) is -4.62. The molecule has 0 aliphatic carbocycles. The van der Waals surface area contributed by atoms with Gasteiger partial charge in [0.15, 0.2) is 0 Å². The molecule has 1 N–H and O–H groups in total. The number of hydrogen-bond donors (Lipinski definition) is 1. The predicted octanol–water partition coefficient (Wildman–Crippen LogP) is 3.59. The SMILES string of the molecule is Cc1ccc(S(=O)(=O)N(C)C)cc1NC(=O)C1CCN(S(=O)(=O)c2cc(Cl)ccc2Cl)CC1. The number of amides is 1. The van der Waals surface area contributed by atoms with Gasteiger partial charge in [0.2, 0.25) is 26.0 Å². The van der Waals surface area contributed by atoms with Gasteiger partial charge in [0.25, 0.3) is 0 Å². The molecular formula is C21H25Cl2N3O5S2. The fourth-order valence-electron chi connectivity index (χ4n) is 3.51. The Morgan fingerprint density at radius 1 is 1.03 bits per heavy atom. The van der Waals surface area contributed by atoms with E-state index in [9.17, 15) is 21.6 Å². The van der Waals surface area contributed by atoms with Gasteiger partial charge in [-0.05, 0) is 55.7 Å². The molecule has 0 saturated carbocycles. The molecule has 2 aromatic rings. The van der Waals surface area contributed by atoms with Crippen LogP contribution < -0.4 is 5.32 Å². The number of sulfonamides is 2. The summed E-state index contributed by atoms with van der Waals surface area (Å²) in [6, 6.07) is 8.82. The minimum absolute atomic E-state index is 0.0610. The second-order valence-electron chi connectivity index (χ2n) is 8.01. The number of halogens is 2. The molecule has 33 heavy (non-hydrogen) atoms. The fourth-order valence-corrected chi connectivity index (χ4v) is 6.65. The van der Waals surface area contributed by atoms with Gasteiger partial charge in [0, 0.05) is 43.8 Å². The summed E-state index contributed by atoms with van der Waals surface area (Å²) in [5.41, 5.74) is 1.13. The van der Waals surface area contributed by atoms with Crippen LogP contribution in [0.2, 0.25) is 10.0 Å². The second kappa shape index (κ2) is 9.89. The monoisotopic (exact) mass is 533 g/mol. The standard InChI is InChI=1S/C21H25Cl2N3O5S2/c1-14-4-6-17(32(28,29)25(2)3)13-19(14)24-21(27)15-8-10-26(11-9-15)33(30,31)20-12-16(22)5-7-18(20)23/h4-7,12-13,15H,8-11H2,1-3H3,(H,24,27). The molecule has 0 spiro atoms. The number of carbonyl (C=O) groups excluding carboxylic acids is 1. The van der Waals surface area contributed by atoms with E-state index >= 15 is 0 Å². The lowest BCUT2D eigenvalue weighted by Crippen LogP contribution is -2.41. The van der Waals surface area contributed by atoms with E-state index in [4.69, 9.17) is 23.2 Å². The van der Waals surface area contributed by atoms with E-state index in [0.29, 0.717) is 18.5 Å². The molecule has 8 nitrogen and oxygen atoms in total. The number of hydrogen-bond acceptors (Lipinski definition) is 5. The van der Waals surface area contributed by atoms with E-state index in [0.717, 1.165) is 9.87 Å². The van der Waals surface area contributed by atoms with Crippen LogP contribution in [0.15, 0.2) is 46.2 Å². The average Bonchev–Trinajstić information content (AvgIpc) is 2.76. The van der Waals surface area contributed by atoms with Crippen molar-refractivity contribution in [2.75, 3.05) is 32.5 Å². The molecule has 1 aliphatic rings. The van der Waals surface area contributed by atoms with E-state index in [2.05, 4.69) is 5.32 Å². The normalized spacial score (nSPS) is 16.2. The van der Waals surface area contributed by atoms with Gasteiger partial charge < -0.3 is 5.32 Å². The van der Waals surface area contributed by atoms with Crippen molar-refractivity contribution in [2.24, 2.45) is 5.92 Å². The Labute approximate surface area is 204 Å². The van der Waals surface area contributed by atoms with Crippen LogP contribution in [0, 0.1) is 12.8 Å². The van der Waals surface area contributed by atoms with Crippen LogP contribution in [0.4, 0.5) is 5.69 Å². The summed E-state index contributed by atoms with van der Waals surface area (Å²) in [5, 5.41) is 3.16. The largest absolute Gasteiger partial charge is 0.326 e. The molecule has 1 heterocycles. The van der Waals surface area contributed by atoms with Crippen LogP contribution in [0.5, 0.6) is 0 Å². The number of aryl methyl sites for hydroxylation is 1. The number of anilines is 1. The van der Waals surface area contributed by atoms with Crippen molar-refractivity contribution < 1.29 is 21.6 Å². The summed E-state index contributed by atoms with van der Waals surface area (Å²) < 4.78 is 53.2. The van der Waals surface area contributed by atoms with E-state index in [1.54, 1.807) is 13.0 Å². The number of carbonyl (C=O) groups is 1. The van der Waals surface area contributed by atoms with Crippen molar-refractivity contribution in [1.82, 2.24) is 8.61 Å². The Morgan fingerprint density at radius 3 is 2.27 bits per heavy atom. The van der Waals surface area contributed by atoms with Crippen LogP contribution in [0.3, 0.4) is 0 Å². The van der Waals surface area contributed by atoms with Crippen LogP contribution in [-0.4, -0.2) is 58.5 Å². The Hall–Kier alpha value is -1.69. The second-order valence-corrected chi connectivity index (χ2v) is 12.9. The maximum atomic E-state index is 13.0. The maximum absolute atomic E-state index is 13.0. The quantitative estimate of drug-likeness (QED) is 0.610. The zero-order valence-electron chi connectivity index (χ0n) is 18.4. The molecular weight excluding hydrogens is 509 g/mol. The lowest BCUT2D eigenvalue weighted by Gasteiger charge is -2.31. The van der Waals surface area contributed by atoms with Gasteiger partial charge >= 0.3 is 0 Å². The Bertz CT molecular complexity index is 1270. The van der Waals surface area contributed by atoms with Gasteiger partial charge in [-0.3, -0.25) is 4.79 Å². The van der Waals surface area contributed by atoms with Crippen LogP contribution in [0.25, 0.3) is 0 Å². The molecule has 1 amide bonds. The first-order valence-electron chi connectivity index (χ1n) is 10.1. The molecule has 0 bridgehead atoms. The highest BCUT2D eigenvalue weighted by Gasteiger charge is 2.33. The minimum Gasteiger partial charge on any atom is -0.326 e. The minimum atomic E-state index is -3.85. The topological polar surface area (TPSA) is 104 Å². The van der Waals surface area contributed by atoms with Gasteiger partial charge in [-0.25, -0.2) is 21.1 Å². The van der Waals surface area contributed by atoms with E-state index in [1.807, 2.05) is 0 Å². The van der Waals surface area contributed by atoms with Crippen LogP contribution in [-0.2, 0) is 24.8 Å². The average molecular weight is 534 g/mol. The first kappa shape index (κ1) is 25.9. The first-order chi connectivity index (χ1) is 15.3. The molecule has 2 aromatic carbocycles. The number of benzene rings is 2. The zero-order valence-corrected chi connectivity index (χ0v) is 21.5. The summed E-state index contributed by atoms with van der Waals surface area (Å²) in [6.45, 7) is 2.07. The first-order valence-corrected chi connectivity index (χ1v) is 13.8. The lowest BCUT2D eigenvalue weighted by atomic mass is 9.97. The molecule has 0 atom stereocenters. The van der Waals surface area contributed by atoms with Gasteiger partial charge in [0.1, 0.15) is 4.90 Å². The van der Waals surface area contributed by atoms with E-state index in [1.165, 1.54) is 48.7 Å². The summed E-state index contributed by atoms with van der Waals surface area (Å²) >= 11 is 12.0. The Morgan fingerprint density at radius 2 is 1.67 bits per heavy atom. The maximum Gasteiger partial charge on any atom is 0.244 e. The van der Waals surface area contributed by atoms with Crippen molar-refractivity contribution in [1.29, 1.82) is 0 Å². The summed E-state index contributed by atoms with van der Waals surface area (Å²) in [5.74, 6) is -0.699. The van der Waals surface area contributed by atoms with Gasteiger partial charge in [-0.2, -0.15) is 4.31 Å². The Kier molecular flexibility index (Phi) is 7.77. The smallest absolute Gasteiger partial charge is 0.244 e. The molecule has 0 unspecified atom stereocenters. The van der Waals surface area contributed by atoms with E-state index < -0.39 is 26.0 Å². The number of nitrogens with zero attached hydrogens (tertiary/aromatic N) is 2. The van der Waals surface area contributed by atoms with Crippen molar-refractivity contribution in [3.8, 4) is 0 Å². The van der Waals surface area contributed by atoms with Gasteiger partial charge in [-0.15, -0.1) is 0 Å². The van der Waals surface area contributed by atoms with Crippen molar-refractivity contribution in [2.45, 2.75) is 29.6 Å². The third-order valence-corrected chi connectivity index (χ3v) is 10.0. The highest BCUT2D eigenvalue weighted by Crippen LogP contribution is 2.31. The van der Waals surface area contributed by atoms with Crippen molar-refractivity contribution in [3.63, 3.8) is 0 Å². The zero-order chi connectivity index (χ0) is 24.6. The van der Waals surface area contributed by atoms with Crippen LogP contribution >= 0.6 is 23.2 Å². The molecule has 1 saturated heterocycles. The molecule has 0 aromatic heterocycles. The number of piperidine rings is 1. The molecule has 12 heteroatoms. The number of rotatable bonds is 6. The summed E-state index contributed by atoms with van der Waals surface area (Å²) in [6.07, 6.45) is 0.635. The van der Waals surface area contributed by atoms with Gasteiger partial charge in [-0.1, -0.05) is 29.3 Å². The lowest BCUT2D eigenvalue weighted by molar-refractivity contribution is -0.120. The molecule has 1 fully saturated rings. The van der Waals surface area contributed by atoms with Crippen LogP contribution in [0.1, 0.15) is 18.4 Å². The highest BCUT2D eigenvalue weighted by molar-refractivity contribution is 7.89. The third-order valence-electron chi connectivity index (χ3n) is 5.58. The number of nitrogens with one attached hydrogen (secondary N) is 1. The van der Waals surface area contributed by atoms with Crippen molar-refractivity contribution in [3.05, 3.63) is 52.0 Å².